The lowest BCUT2D eigenvalue weighted by atomic mass is 9.80. The highest BCUT2D eigenvalue weighted by Crippen LogP contribution is 2.46. The fraction of sp³-hybridized carbons (Fsp3) is 0.569. The molecule has 1 aromatic heterocycles. The Kier molecular flexibility index (Phi) is 14.5. The summed E-state index contributed by atoms with van der Waals surface area (Å²) >= 11 is 0. The number of fused-ring (bicyclic) bond motifs is 4. The lowest BCUT2D eigenvalue weighted by molar-refractivity contribution is -0.154. The maximum atomic E-state index is 18.5. The molecule has 1 aliphatic carbocycles. The van der Waals surface area contributed by atoms with E-state index >= 15 is 13.6 Å². The third-order valence-corrected chi connectivity index (χ3v) is 20.1. The quantitative estimate of drug-likeness (QED) is 0.0451. The van der Waals surface area contributed by atoms with E-state index in [9.17, 15) is 18.0 Å². The summed E-state index contributed by atoms with van der Waals surface area (Å²) in [6.07, 6.45) is -0.351. The molecule has 3 aliphatic rings. The van der Waals surface area contributed by atoms with Crippen LogP contribution in [0.5, 0.6) is 11.8 Å². The number of Topliss-reactive ketones (excluding diaryl/α,β-unsaturated/α-hetero) is 1. The van der Waals surface area contributed by atoms with Crippen LogP contribution >= 0.6 is 0 Å². The molecule has 0 spiro atoms. The normalized spacial score (nSPS) is 18.3. The summed E-state index contributed by atoms with van der Waals surface area (Å²) in [5, 5.41) is 0.769. The SMILES string of the molecule is COCOc1cc(-c2c(C(=O)C3CCCCC3)cc3c(N4C[C@H]5CC[C@@H](C4)N5C(=O)OC(C)(C)C)nc(OCC(F)(F)F)nc3c2F)c2c(C#C[Si](C(C)C)(C(C)C)C(C)C)c(F)ccc2c1. The number of amides is 1. The van der Waals surface area contributed by atoms with Crippen LogP contribution in [0.25, 0.3) is 32.8 Å². The molecule has 16 heteroatoms. The molecule has 1 saturated carbocycles. The predicted molar refractivity (Wildman–Crippen MR) is 252 cm³/mol. The van der Waals surface area contributed by atoms with Gasteiger partial charge in [-0.05, 0) is 98.3 Å². The zero-order valence-electron chi connectivity index (χ0n) is 40.3. The summed E-state index contributed by atoms with van der Waals surface area (Å²) in [5.74, 6) is 1.10. The Morgan fingerprint density at radius 1 is 0.866 bits per heavy atom. The van der Waals surface area contributed by atoms with Crippen molar-refractivity contribution in [2.24, 2.45) is 5.92 Å². The van der Waals surface area contributed by atoms with E-state index in [1.165, 1.54) is 25.3 Å². The van der Waals surface area contributed by atoms with Crippen LogP contribution < -0.4 is 14.4 Å². The minimum absolute atomic E-state index is 0.00954. The van der Waals surface area contributed by atoms with Gasteiger partial charge in [-0.2, -0.15) is 23.1 Å². The number of piperazine rings is 1. The van der Waals surface area contributed by atoms with E-state index in [0.29, 0.717) is 31.1 Å². The second-order valence-corrected chi connectivity index (χ2v) is 25.9. The third-order valence-electron chi connectivity index (χ3n) is 13.8. The number of aromatic nitrogens is 2. The van der Waals surface area contributed by atoms with Crippen molar-refractivity contribution in [2.45, 2.75) is 148 Å². The van der Waals surface area contributed by atoms with Gasteiger partial charge in [0.05, 0.1) is 17.6 Å². The van der Waals surface area contributed by atoms with Gasteiger partial charge in [0, 0.05) is 48.0 Å². The Labute approximate surface area is 391 Å². The van der Waals surface area contributed by atoms with Crippen LogP contribution in [0.1, 0.15) is 123 Å². The Balaban J connectivity index is 1.54. The van der Waals surface area contributed by atoms with E-state index in [4.69, 9.17) is 18.9 Å². The smallest absolute Gasteiger partial charge is 0.422 e. The van der Waals surface area contributed by atoms with Crippen LogP contribution in [-0.4, -0.2) is 92.3 Å². The van der Waals surface area contributed by atoms with E-state index in [0.717, 1.165) is 19.3 Å². The van der Waals surface area contributed by atoms with Gasteiger partial charge >= 0.3 is 18.3 Å². The van der Waals surface area contributed by atoms with E-state index in [2.05, 4.69) is 63.0 Å². The van der Waals surface area contributed by atoms with Gasteiger partial charge in [-0.3, -0.25) is 9.69 Å². The number of hydrogen-bond donors (Lipinski definition) is 0. The highest BCUT2D eigenvalue weighted by molar-refractivity contribution is 6.90. The second-order valence-electron chi connectivity index (χ2n) is 20.3. The monoisotopic (exact) mass is 950 g/mol. The molecule has 7 rings (SSSR count). The third kappa shape index (κ3) is 10.2. The molecular weight excluding hydrogens is 888 g/mol. The number of ether oxygens (including phenoxy) is 4. The number of hydrogen-bond acceptors (Lipinski definition) is 9. The summed E-state index contributed by atoms with van der Waals surface area (Å²) in [5.41, 5.74) is 3.00. The average Bonchev–Trinajstić information content (AvgIpc) is 3.53. The number of nitrogens with zero attached hydrogens (tertiary/aromatic N) is 4. The first kappa shape index (κ1) is 49.9. The molecule has 10 nitrogen and oxygen atoms in total. The summed E-state index contributed by atoms with van der Waals surface area (Å²) in [7, 11) is -1.02. The van der Waals surface area contributed by atoms with Gasteiger partial charge in [0.2, 0.25) is 0 Å². The first-order valence-electron chi connectivity index (χ1n) is 23.5. The van der Waals surface area contributed by atoms with Crippen LogP contribution in [0.2, 0.25) is 16.6 Å². The maximum absolute atomic E-state index is 18.5. The van der Waals surface area contributed by atoms with Gasteiger partial charge in [-0.25, -0.2) is 13.6 Å². The first-order valence-corrected chi connectivity index (χ1v) is 25.7. The van der Waals surface area contributed by atoms with E-state index in [1.807, 2.05) is 0 Å². The van der Waals surface area contributed by atoms with E-state index in [-0.39, 0.29) is 99.0 Å². The van der Waals surface area contributed by atoms with Crippen molar-refractivity contribution in [2.75, 3.05) is 38.5 Å². The Morgan fingerprint density at radius 2 is 1.51 bits per heavy atom. The number of carbonyl (C=O) groups excluding carboxylic acids is 2. The summed E-state index contributed by atoms with van der Waals surface area (Å²) in [4.78, 5) is 40.9. The molecule has 3 fully saturated rings. The van der Waals surface area contributed by atoms with Crippen molar-refractivity contribution in [3.8, 4) is 34.4 Å². The zero-order valence-corrected chi connectivity index (χ0v) is 41.3. The van der Waals surface area contributed by atoms with Crippen LogP contribution in [0.3, 0.4) is 0 Å². The number of alkyl halides is 3. The zero-order chi connectivity index (χ0) is 48.7. The Hall–Kier alpha value is -5.01. The van der Waals surface area contributed by atoms with Gasteiger partial charge in [0.15, 0.2) is 25.0 Å². The molecule has 2 atom stereocenters. The van der Waals surface area contributed by atoms with Gasteiger partial charge < -0.3 is 23.8 Å². The van der Waals surface area contributed by atoms with Crippen molar-refractivity contribution < 1.29 is 50.5 Å². The van der Waals surface area contributed by atoms with E-state index in [1.54, 1.807) is 42.7 Å². The summed E-state index contributed by atoms with van der Waals surface area (Å²) in [6, 6.07) is 6.16. The molecule has 2 bridgehead atoms. The van der Waals surface area contributed by atoms with Crippen LogP contribution in [0.15, 0.2) is 30.3 Å². The Morgan fingerprint density at radius 3 is 2.09 bits per heavy atom. The topological polar surface area (TPSA) is 103 Å². The summed E-state index contributed by atoms with van der Waals surface area (Å²) < 4.78 is 98.5. The molecule has 1 amide bonds. The minimum atomic E-state index is -4.78. The number of halogens is 5. The van der Waals surface area contributed by atoms with Crippen molar-refractivity contribution in [3.05, 3.63) is 53.1 Å². The Bertz CT molecular complexity index is 2540. The number of rotatable bonds is 12. The number of anilines is 1. The average molecular weight is 951 g/mol. The van der Waals surface area contributed by atoms with Crippen LogP contribution in [0, 0.1) is 29.0 Å². The molecule has 3 heterocycles. The number of methoxy groups -OCH3 is 1. The number of benzene rings is 3. The highest BCUT2D eigenvalue weighted by Gasteiger charge is 2.46. The van der Waals surface area contributed by atoms with Crippen LogP contribution in [-0.2, 0) is 9.47 Å². The lowest BCUT2D eigenvalue weighted by Crippen LogP contribution is -2.57. The fourth-order valence-corrected chi connectivity index (χ4v) is 16.1. The summed E-state index contributed by atoms with van der Waals surface area (Å²) in [6.45, 7) is 16.7. The maximum Gasteiger partial charge on any atom is 0.422 e. The van der Waals surface area contributed by atoms with Gasteiger partial charge in [0.25, 0.3) is 0 Å². The number of carbonyl (C=O) groups is 2. The lowest BCUT2D eigenvalue weighted by Gasteiger charge is -2.42. The van der Waals surface area contributed by atoms with Crippen molar-refractivity contribution in [1.82, 2.24) is 14.9 Å². The van der Waals surface area contributed by atoms with Crippen LogP contribution in [0.4, 0.5) is 32.6 Å². The van der Waals surface area contributed by atoms with Crippen molar-refractivity contribution in [1.29, 1.82) is 0 Å². The highest BCUT2D eigenvalue weighted by atomic mass is 28.3. The van der Waals surface area contributed by atoms with Crippen molar-refractivity contribution >= 4 is 47.4 Å². The molecule has 3 aromatic carbocycles. The number of ketones is 1. The minimum Gasteiger partial charge on any atom is -0.468 e. The predicted octanol–water partition coefficient (Wildman–Crippen LogP) is 12.6. The second kappa shape index (κ2) is 19.5. The van der Waals surface area contributed by atoms with Gasteiger partial charge in [-0.15, -0.1) is 5.54 Å². The van der Waals surface area contributed by atoms with Gasteiger partial charge in [0.1, 0.15) is 36.6 Å². The molecule has 0 radical (unpaired) electrons. The first-order chi connectivity index (χ1) is 31.5. The molecule has 4 aromatic rings. The van der Waals surface area contributed by atoms with Gasteiger partial charge in [-0.1, -0.05) is 72.8 Å². The molecule has 67 heavy (non-hydrogen) atoms. The molecule has 2 aliphatic heterocycles. The standard InChI is InChI=1S/C51H63F5N4O6Si/c1-29(2)67(30(3)4,31(5)6)21-20-37-41(52)19-16-33-22-36(65-28-63-10)23-38(42(33)37)43-39(46(61)32-14-12-11-13-15-32)24-40-45(44(43)53)57-48(64-27-51(54,55)56)58-47(40)59-25-34-17-18-35(26-59)60(34)49(62)66-50(7,8)9/h16,19,22-24,29-32,34-35H,11-15,17-18,25-28H2,1-10H3/t34-,35+. The molecule has 0 unspecified atom stereocenters. The van der Waals surface area contributed by atoms with E-state index < -0.39 is 61.6 Å². The van der Waals surface area contributed by atoms with Crippen molar-refractivity contribution in [3.63, 3.8) is 0 Å². The molecular formula is C51H63F5N4O6Si. The fourth-order valence-electron chi connectivity index (χ4n) is 10.9. The molecule has 362 valence electrons. The largest absolute Gasteiger partial charge is 0.468 e. The molecule has 2 saturated heterocycles. The molecule has 0 N–H and O–H groups in total.